The van der Waals surface area contributed by atoms with Gasteiger partial charge in [0.15, 0.2) is 5.82 Å². The molecule has 0 aliphatic heterocycles. The molecule has 3 N–H and O–H groups in total. The summed E-state index contributed by atoms with van der Waals surface area (Å²) in [6.07, 6.45) is 3.69. The number of hydrogen-bond acceptors (Lipinski definition) is 4. The van der Waals surface area contributed by atoms with Gasteiger partial charge in [0.2, 0.25) is 5.91 Å². The second-order valence-electron chi connectivity index (χ2n) is 4.47. The molecule has 0 aliphatic carbocycles. The molecule has 1 heterocycles. The van der Waals surface area contributed by atoms with Crippen molar-refractivity contribution in [2.75, 3.05) is 5.32 Å². The molecule has 6 nitrogen and oxygen atoms in total. The Labute approximate surface area is 117 Å². The van der Waals surface area contributed by atoms with E-state index >= 15 is 0 Å². The molecule has 1 aromatic carbocycles. The maximum absolute atomic E-state index is 11.9. The van der Waals surface area contributed by atoms with Crippen LogP contribution in [0.5, 0.6) is 0 Å². The molecule has 0 radical (unpaired) electrons. The number of nitrogens with zero attached hydrogens (tertiary/aromatic N) is 3. The Kier molecular flexibility index (Phi) is 4.27. The van der Waals surface area contributed by atoms with Crippen LogP contribution >= 0.6 is 0 Å². The lowest BCUT2D eigenvalue weighted by molar-refractivity contribution is -0.117. The normalized spacial score (nSPS) is 11.9. The van der Waals surface area contributed by atoms with Crippen LogP contribution in [0.25, 0.3) is 11.4 Å². The highest BCUT2D eigenvalue weighted by Gasteiger charge is 2.12. The highest BCUT2D eigenvalue weighted by atomic mass is 16.2. The van der Waals surface area contributed by atoms with Crippen LogP contribution in [0.4, 0.5) is 5.69 Å². The Hall–Kier alpha value is -2.47. The van der Waals surface area contributed by atoms with Gasteiger partial charge in [0, 0.05) is 18.3 Å². The molecule has 6 heteroatoms. The first kappa shape index (κ1) is 14.0. The Morgan fingerprint density at radius 3 is 3.05 bits per heavy atom. The van der Waals surface area contributed by atoms with E-state index in [1.807, 2.05) is 29.8 Å². The number of aromatic nitrogens is 3. The Balaban J connectivity index is 2.17. The molecule has 1 aromatic heterocycles. The summed E-state index contributed by atoms with van der Waals surface area (Å²) in [5.74, 6) is 0.497. The molecular formula is C14H17N5O. The first-order valence-electron chi connectivity index (χ1n) is 6.23. The minimum atomic E-state index is -0.592. The number of hydrogen-bond donors (Lipinski definition) is 2. The maximum Gasteiger partial charge on any atom is 0.241 e. The van der Waals surface area contributed by atoms with E-state index < -0.39 is 6.04 Å². The van der Waals surface area contributed by atoms with Crippen LogP contribution in [-0.4, -0.2) is 26.7 Å². The second kappa shape index (κ2) is 6.12. The van der Waals surface area contributed by atoms with E-state index in [2.05, 4.69) is 22.1 Å². The largest absolute Gasteiger partial charge is 0.325 e. The number of anilines is 1. The van der Waals surface area contributed by atoms with Crippen molar-refractivity contribution in [1.82, 2.24) is 14.8 Å². The van der Waals surface area contributed by atoms with E-state index in [1.54, 1.807) is 18.5 Å². The Bertz CT molecular complexity index is 620. The highest BCUT2D eigenvalue weighted by Crippen LogP contribution is 2.20. The highest BCUT2D eigenvalue weighted by molar-refractivity contribution is 5.95. The van der Waals surface area contributed by atoms with Gasteiger partial charge in [-0.2, -0.15) is 0 Å². The van der Waals surface area contributed by atoms with Gasteiger partial charge in [-0.25, -0.2) is 0 Å². The summed E-state index contributed by atoms with van der Waals surface area (Å²) < 4.78 is 1.81. The molecular weight excluding hydrogens is 254 g/mol. The van der Waals surface area contributed by atoms with Gasteiger partial charge in [-0.3, -0.25) is 4.79 Å². The van der Waals surface area contributed by atoms with E-state index in [0.717, 1.165) is 11.4 Å². The molecule has 0 saturated heterocycles. The SMILES string of the molecule is C=CCC(N)C(=O)Nc1cccc(-c2nncn2C)c1. The van der Waals surface area contributed by atoms with Crippen LogP contribution in [0, 0.1) is 0 Å². The molecule has 20 heavy (non-hydrogen) atoms. The molecule has 2 aromatic rings. The lowest BCUT2D eigenvalue weighted by Gasteiger charge is -2.11. The lowest BCUT2D eigenvalue weighted by atomic mass is 10.1. The maximum atomic E-state index is 11.9. The second-order valence-corrected chi connectivity index (χ2v) is 4.47. The fourth-order valence-corrected chi connectivity index (χ4v) is 1.80. The number of amides is 1. The van der Waals surface area contributed by atoms with Gasteiger partial charge in [-0.1, -0.05) is 18.2 Å². The van der Waals surface area contributed by atoms with Crippen molar-refractivity contribution in [3.63, 3.8) is 0 Å². The summed E-state index contributed by atoms with van der Waals surface area (Å²) in [6.45, 7) is 3.57. The number of nitrogens with two attached hydrogens (primary N) is 1. The van der Waals surface area contributed by atoms with Gasteiger partial charge in [-0.15, -0.1) is 16.8 Å². The number of rotatable bonds is 5. The fraction of sp³-hybridized carbons (Fsp3) is 0.214. The minimum Gasteiger partial charge on any atom is -0.325 e. The van der Waals surface area contributed by atoms with Crippen molar-refractivity contribution in [2.45, 2.75) is 12.5 Å². The van der Waals surface area contributed by atoms with Crippen molar-refractivity contribution in [3.8, 4) is 11.4 Å². The van der Waals surface area contributed by atoms with E-state index in [-0.39, 0.29) is 5.91 Å². The molecule has 0 fully saturated rings. The average Bonchev–Trinajstić information content (AvgIpc) is 2.85. The number of carbonyl (C=O) groups excluding carboxylic acids is 1. The first-order valence-corrected chi connectivity index (χ1v) is 6.23. The quantitative estimate of drug-likeness (QED) is 0.803. The van der Waals surface area contributed by atoms with Crippen LogP contribution in [0.1, 0.15) is 6.42 Å². The molecule has 0 bridgehead atoms. The molecule has 1 unspecified atom stereocenters. The van der Waals surface area contributed by atoms with Crippen molar-refractivity contribution in [2.24, 2.45) is 12.8 Å². The third kappa shape index (κ3) is 3.10. The van der Waals surface area contributed by atoms with Crippen molar-refractivity contribution < 1.29 is 4.79 Å². The summed E-state index contributed by atoms with van der Waals surface area (Å²) >= 11 is 0. The Morgan fingerprint density at radius 1 is 1.60 bits per heavy atom. The number of aryl methyl sites for hydroxylation is 1. The molecule has 104 valence electrons. The number of carbonyl (C=O) groups is 1. The molecule has 0 saturated carbocycles. The third-order valence-corrected chi connectivity index (χ3v) is 2.86. The molecule has 1 amide bonds. The molecule has 0 aliphatic rings. The van der Waals surface area contributed by atoms with Gasteiger partial charge in [0.05, 0.1) is 6.04 Å². The molecule has 1 atom stereocenters. The average molecular weight is 271 g/mol. The smallest absolute Gasteiger partial charge is 0.241 e. The Morgan fingerprint density at radius 2 is 2.40 bits per heavy atom. The van der Waals surface area contributed by atoms with Crippen LogP contribution < -0.4 is 11.1 Å². The van der Waals surface area contributed by atoms with Crippen molar-refractivity contribution in [3.05, 3.63) is 43.2 Å². The topological polar surface area (TPSA) is 85.8 Å². The van der Waals surface area contributed by atoms with Gasteiger partial charge in [0.1, 0.15) is 6.33 Å². The van der Waals surface area contributed by atoms with Gasteiger partial charge >= 0.3 is 0 Å². The summed E-state index contributed by atoms with van der Waals surface area (Å²) in [7, 11) is 1.86. The molecule has 2 rings (SSSR count). The number of nitrogens with one attached hydrogen (secondary N) is 1. The van der Waals surface area contributed by atoms with E-state index in [1.165, 1.54) is 0 Å². The van der Waals surface area contributed by atoms with Crippen LogP contribution in [0.15, 0.2) is 43.2 Å². The summed E-state index contributed by atoms with van der Waals surface area (Å²) in [5, 5.41) is 10.6. The van der Waals surface area contributed by atoms with Crippen LogP contribution in [-0.2, 0) is 11.8 Å². The summed E-state index contributed by atoms with van der Waals surface area (Å²) in [6, 6.07) is 6.80. The minimum absolute atomic E-state index is 0.236. The predicted octanol–water partition coefficient (Wildman–Crippen LogP) is 1.32. The van der Waals surface area contributed by atoms with Crippen LogP contribution in [0.3, 0.4) is 0 Å². The van der Waals surface area contributed by atoms with Crippen molar-refractivity contribution in [1.29, 1.82) is 0 Å². The lowest BCUT2D eigenvalue weighted by Crippen LogP contribution is -2.35. The van der Waals surface area contributed by atoms with E-state index in [4.69, 9.17) is 5.73 Å². The zero-order valence-corrected chi connectivity index (χ0v) is 11.3. The van der Waals surface area contributed by atoms with Gasteiger partial charge in [-0.05, 0) is 18.6 Å². The fourth-order valence-electron chi connectivity index (χ4n) is 1.80. The standard InChI is InChI=1S/C14H17N5O/c1-3-5-12(15)14(20)17-11-7-4-6-10(8-11)13-18-16-9-19(13)2/h3-4,6-9,12H,1,5,15H2,2H3,(H,17,20). The third-order valence-electron chi connectivity index (χ3n) is 2.86. The van der Waals surface area contributed by atoms with Gasteiger partial charge in [0.25, 0.3) is 0 Å². The molecule has 0 spiro atoms. The predicted molar refractivity (Wildman–Crippen MR) is 77.9 cm³/mol. The van der Waals surface area contributed by atoms with Crippen LogP contribution in [0.2, 0.25) is 0 Å². The zero-order chi connectivity index (χ0) is 14.5. The zero-order valence-electron chi connectivity index (χ0n) is 11.3. The summed E-state index contributed by atoms with van der Waals surface area (Å²) in [4.78, 5) is 11.9. The van der Waals surface area contributed by atoms with Crippen molar-refractivity contribution >= 4 is 11.6 Å². The monoisotopic (exact) mass is 271 g/mol. The van der Waals surface area contributed by atoms with E-state index in [9.17, 15) is 4.79 Å². The van der Waals surface area contributed by atoms with Gasteiger partial charge < -0.3 is 15.6 Å². The number of benzene rings is 1. The summed E-state index contributed by atoms with van der Waals surface area (Å²) in [5.41, 5.74) is 7.27. The van der Waals surface area contributed by atoms with E-state index in [0.29, 0.717) is 12.1 Å². The first-order chi connectivity index (χ1) is 9.61.